The van der Waals surface area contributed by atoms with Crippen molar-refractivity contribution < 1.29 is 18.6 Å². The summed E-state index contributed by atoms with van der Waals surface area (Å²) in [4.78, 5) is 12.8. The summed E-state index contributed by atoms with van der Waals surface area (Å²) >= 11 is 0. The zero-order valence-corrected chi connectivity index (χ0v) is 16.1. The lowest BCUT2D eigenvalue weighted by Crippen LogP contribution is -2.19. The van der Waals surface area contributed by atoms with Gasteiger partial charge in [0.15, 0.2) is 5.69 Å². The molecule has 2 aromatic heterocycles. The molecule has 0 spiro atoms. The number of nitrogens with two attached hydrogens (primary N) is 1. The number of benzene rings is 2. The van der Waals surface area contributed by atoms with E-state index in [1.54, 1.807) is 36.4 Å². The summed E-state index contributed by atoms with van der Waals surface area (Å²) in [5, 5.41) is 18.9. The molecule has 11 nitrogen and oxygen atoms in total. The smallest absolute Gasteiger partial charge is 0.294 e. The van der Waals surface area contributed by atoms with Crippen LogP contribution in [0.4, 0.5) is 10.2 Å². The molecule has 1 amide bonds. The largest absolute Gasteiger partial charge is 0.497 e. The molecular weight excluding hydrogens is 407 g/mol. The van der Waals surface area contributed by atoms with Crippen LogP contribution in [0.15, 0.2) is 58.3 Å². The number of carbonyl (C=O) groups excluding carboxylic acids is 1. The highest BCUT2D eigenvalue weighted by Crippen LogP contribution is 2.28. The Kier molecular flexibility index (Phi) is 5.34. The Labute approximate surface area is 174 Å². The van der Waals surface area contributed by atoms with E-state index in [0.29, 0.717) is 11.3 Å². The van der Waals surface area contributed by atoms with Gasteiger partial charge in [-0.2, -0.15) is 9.78 Å². The van der Waals surface area contributed by atoms with Crippen LogP contribution in [-0.4, -0.2) is 44.5 Å². The summed E-state index contributed by atoms with van der Waals surface area (Å²) in [7, 11) is 1.51. The number of methoxy groups -OCH3 is 1. The first kappa shape index (κ1) is 19.7. The van der Waals surface area contributed by atoms with Crippen LogP contribution in [0.25, 0.3) is 17.1 Å². The van der Waals surface area contributed by atoms with Crippen LogP contribution >= 0.6 is 0 Å². The predicted molar refractivity (Wildman–Crippen MR) is 107 cm³/mol. The molecule has 3 N–H and O–H groups in total. The van der Waals surface area contributed by atoms with Crippen LogP contribution in [0, 0.1) is 5.82 Å². The van der Waals surface area contributed by atoms with Gasteiger partial charge in [-0.25, -0.2) is 14.4 Å². The SMILES string of the molecule is COc1cccc(-c2c(C(=O)N/N=C/c3ccccc3F)nnn2-c2nonc2N)c1. The Balaban J connectivity index is 1.72. The number of hydrazone groups is 1. The zero-order valence-electron chi connectivity index (χ0n) is 16.1. The minimum absolute atomic E-state index is 0.0430. The summed E-state index contributed by atoms with van der Waals surface area (Å²) in [6, 6.07) is 12.9. The first-order valence-corrected chi connectivity index (χ1v) is 8.85. The Morgan fingerprint density at radius 3 is 2.84 bits per heavy atom. The van der Waals surface area contributed by atoms with Crippen LogP contribution in [0.1, 0.15) is 16.1 Å². The van der Waals surface area contributed by atoms with Crippen molar-refractivity contribution in [3.8, 4) is 22.8 Å². The normalized spacial score (nSPS) is 11.0. The minimum atomic E-state index is -0.688. The van der Waals surface area contributed by atoms with Crippen molar-refractivity contribution in [2.24, 2.45) is 5.10 Å². The third-order valence-electron chi connectivity index (χ3n) is 4.20. The van der Waals surface area contributed by atoms with E-state index in [1.807, 2.05) is 0 Å². The number of rotatable bonds is 6. The molecular formula is C19H15FN8O3. The third kappa shape index (κ3) is 3.94. The van der Waals surface area contributed by atoms with E-state index in [2.05, 4.69) is 35.8 Å². The van der Waals surface area contributed by atoms with E-state index >= 15 is 0 Å². The number of ether oxygens (including phenoxy) is 1. The van der Waals surface area contributed by atoms with Crippen molar-refractivity contribution in [2.45, 2.75) is 0 Å². The van der Waals surface area contributed by atoms with Crippen molar-refractivity contribution in [3.05, 3.63) is 65.6 Å². The molecule has 0 unspecified atom stereocenters. The number of hydrogen-bond acceptors (Lipinski definition) is 9. The van der Waals surface area contributed by atoms with Gasteiger partial charge in [-0.05, 0) is 28.5 Å². The lowest BCUT2D eigenvalue weighted by atomic mass is 10.1. The van der Waals surface area contributed by atoms with Crippen LogP contribution in [-0.2, 0) is 0 Å². The van der Waals surface area contributed by atoms with Gasteiger partial charge < -0.3 is 10.5 Å². The summed E-state index contributed by atoms with van der Waals surface area (Å²) in [6.45, 7) is 0. The van der Waals surface area contributed by atoms with Gasteiger partial charge in [-0.3, -0.25) is 4.79 Å². The molecule has 0 bridgehead atoms. The van der Waals surface area contributed by atoms with Crippen molar-refractivity contribution in [3.63, 3.8) is 0 Å². The number of nitrogens with zero attached hydrogens (tertiary/aromatic N) is 6. The molecule has 2 heterocycles. The standard InChI is InChI=1S/C19H15FN8O3/c1-30-13-7-4-6-11(9-13)16-15(23-27-28(16)18-17(21)25-31-26-18)19(29)24-22-10-12-5-2-3-8-14(12)20/h2-10H,1H3,(H2,21,25)(H,24,29)/b22-10+. The predicted octanol–water partition coefficient (Wildman–Crippen LogP) is 1.81. The molecule has 0 saturated heterocycles. The fraction of sp³-hybridized carbons (Fsp3) is 0.0526. The number of anilines is 1. The summed E-state index contributed by atoms with van der Waals surface area (Å²) < 4.78 is 24.8. The zero-order chi connectivity index (χ0) is 21.8. The third-order valence-corrected chi connectivity index (χ3v) is 4.20. The lowest BCUT2D eigenvalue weighted by Gasteiger charge is -2.07. The van der Waals surface area contributed by atoms with E-state index in [9.17, 15) is 9.18 Å². The molecule has 0 aliphatic carbocycles. The number of halogens is 1. The van der Waals surface area contributed by atoms with Crippen molar-refractivity contribution in [1.29, 1.82) is 0 Å². The molecule has 0 atom stereocenters. The number of nitrogens with one attached hydrogen (secondary N) is 1. The van der Waals surface area contributed by atoms with Crippen LogP contribution < -0.4 is 15.9 Å². The highest BCUT2D eigenvalue weighted by atomic mass is 19.1. The number of carbonyl (C=O) groups is 1. The van der Waals surface area contributed by atoms with Crippen LogP contribution in [0.2, 0.25) is 0 Å². The maximum atomic E-state index is 13.7. The lowest BCUT2D eigenvalue weighted by molar-refractivity contribution is 0.0950. The Hall–Kier alpha value is -4.61. The number of amides is 1. The second-order valence-corrected chi connectivity index (χ2v) is 6.12. The van der Waals surface area contributed by atoms with Gasteiger partial charge in [0, 0.05) is 11.1 Å². The molecule has 2 aromatic carbocycles. The van der Waals surface area contributed by atoms with E-state index < -0.39 is 11.7 Å². The minimum Gasteiger partial charge on any atom is -0.497 e. The molecule has 0 radical (unpaired) electrons. The molecule has 4 aromatic rings. The van der Waals surface area contributed by atoms with Crippen LogP contribution in [0.5, 0.6) is 5.75 Å². The fourth-order valence-corrected chi connectivity index (χ4v) is 2.74. The monoisotopic (exact) mass is 422 g/mol. The van der Waals surface area contributed by atoms with Gasteiger partial charge in [0.25, 0.3) is 5.91 Å². The molecule has 0 saturated carbocycles. The Morgan fingerprint density at radius 1 is 1.26 bits per heavy atom. The summed E-state index contributed by atoms with van der Waals surface area (Å²) in [5.74, 6) is -0.609. The highest BCUT2D eigenvalue weighted by Gasteiger charge is 2.25. The van der Waals surface area contributed by atoms with Gasteiger partial charge in [0.05, 0.1) is 13.3 Å². The Bertz CT molecular complexity index is 1270. The molecule has 31 heavy (non-hydrogen) atoms. The second-order valence-electron chi connectivity index (χ2n) is 6.12. The van der Waals surface area contributed by atoms with Gasteiger partial charge in [-0.1, -0.05) is 35.5 Å². The maximum absolute atomic E-state index is 13.7. The van der Waals surface area contributed by atoms with E-state index in [0.717, 1.165) is 0 Å². The molecule has 0 fully saturated rings. The number of hydrogen-bond donors (Lipinski definition) is 2. The van der Waals surface area contributed by atoms with E-state index in [1.165, 1.54) is 30.1 Å². The number of aromatic nitrogens is 5. The van der Waals surface area contributed by atoms with E-state index in [-0.39, 0.29) is 28.6 Å². The summed E-state index contributed by atoms with van der Waals surface area (Å²) in [6.07, 6.45) is 1.18. The van der Waals surface area contributed by atoms with Gasteiger partial charge in [0.1, 0.15) is 17.3 Å². The van der Waals surface area contributed by atoms with Gasteiger partial charge >= 0.3 is 0 Å². The summed E-state index contributed by atoms with van der Waals surface area (Å²) in [5.41, 5.74) is 9.01. The molecule has 12 heteroatoms. The molecule has 156 valence electrons. The second kappa shape index (κ2) is 8.41. The van der Waals surface area contributed by atoms with Crippen molar-refractivity contribution in [1.82, 2.24) is 30.7 Å². The highest BCUT2D eigenvalue weighted by molar-refractivity contribution is 5.99. The van der Waals surface area contributed by atoms with Gasteiger partial charge in [0.2, 0.25) is 11.6 Å². The quantitative estimate of drug-likeness (QED) is 0.353. The average molecular weight is 422 g/mol. The molecule has 0 aliphatic rings. The number of nitrogen functional groups attached to an aromatic ring is 1. The topological polar surface area (TPSA) is 146 Å². The molecule has 4 rings (SSSR count). The van der Waals surface area contributed by atoms with Crippen molar-refractivity contribution >= 4 is 17.9 Å². The van der Waals surface area contributed by atoms with Crippen LogP contribution in [0.3, 0.4) is 0 Å². The fourth-order valence-electron chi connectivity index (χ4n) is 2.74. The van der Waals surface area contributed by atoms with Gasteiger partial charge in [-0.15, -0.1) is 5.10 Å². The first-order valence-electron chi connectivity index (χ1n) is 8.85. The van der Waals surface area contributed by atoms with Crippen molar-refractivity contribution in [2.75, 3.05) is 12.8 Å². The Morgan fingerprint density at radius 2 is 2.10 bits per heavy atom. The average Bonchev–Trinajstić information content (AvgIpc) is 3.41. The maximum Gasteiger partial charge on any atom is 0.294 e. The van der Waals surface area contributed by atoms with E-state index in [4.69, 9.17) is 10.5 Å². The first-order chi connectivity index (χ1) is 15.1. The molecule has 0 aliphatic heterocycles.